The summed E-state index contributed by atoms with van der Waals surface area (Å²) in [4.78, 5) is 22.4. The van der Waals surface area contributed by atoms with Crippen LogP contribution in [-0.2, 0) is 4.74 Å². The number of carbonyl (C=O) groups excluding carboxylic acids is 1. The average Bonchev–Trinajstić information content (AvgIpc) is 3.27. The van der Waals surface area contributed by atoms with E-state index in [1.165, 1.54) is 11.3 Å². The van der Waals surface area contributed by atoms with Crippen LogP contribution in [0.3, 0.4) is 0 Å². The average molecular weight is 458 g/mol. The van der Waals surface area contributed by atoms with Gasteiger partial charge in [0.25, 0.3) is 5.91 Å². The largest absolute Gasteiger partial charge is 0.497 e. The Balaban J connectivity index is 1.66. The molecule has 1 aliphatic heterocycles. The number of fused-ring (bicyclic) bond motifs is 1. The molecule has 4 rings (SSSR count). The lowest BCUT2D eigenvalue weighted by Crippen LogP contribution is -2.43. The SMILES string of the molecule is COc1ccc2sc(N(CCN3CCOCC3)C(=O)c3ccc(OC)c(OC)c3)nc2c1. The highest BCUT2D eigenvalue weighted by Gasteiger charge is 2.24. The first kappa shape index (κ1) is 22.3. The van der Waals surface area contributed by atoms with E-state index in [1.807, 2.05) is 18.2 Å². The molecule has 8 nitrogen and oxygen atoms in total. The Morgan fingerprint density at radius 2 is 1.84 bits per heavy atom. The van der Waals surface area contributed by atoms with Gasteiger partial charge in [0.2, 0.25) is 0 Å². The molecule has 0 radical (unpaired) electrons. The quantitative estimate of drug-likeness (QED) is 0.514. The fraction of sp³-hybridized carbons (Fsp3) is 0.391. The lowest BCUT2D eigenvalue weighted by molar-refractivity contribution is 0.0391. The van der Waals surface area contributed by atoms with Crippen molar-refractivity contribution in [1.82, 2.24) is 9.88 Å². The van der Waals surface area contributed by atoms with Crippen molar-refractivity contribution in [2.24, 2.45) is 0 Å². The molecular formula is C23H27N3O5S. The molecule has 0 unspecified atom stereocenters. The Bertz CT molecular complexity index is 1080. The van der Waals surface area contributed by atoms with Gasteiger partial charge in [0, 0.05) is 37.8 Å². The first-order valence-corrected chi connectivity index (χ1v) is 11.2. The van der Waals surface area contributed by atoms with Crippen molar-refractivity contribution in [1.29, 1.82) is 0 Å². The number of ether oxygens (including phenoxy) is 4. The Labute approximate surface area is 191 Å². The minimum absolute atomic E-state index is 0.134. The van der Waals surface area contributed by atoms with Crippen LogP contribution in [0.25, 0.3) is 10.2 Å². The summed E-state index contributed by atoms with van der Waals surface area (Å²) in [6.45, 7) is 4.39. The summed E-state index contributed by atoms with van der Waals surface area (Å²) < 4.78 is 22.5. The third-order valence-electron chi connectivity index (χ3n) is 5.43. The second kappa shape index (κ2) is 10.2. The van der Waals surface area contributed by atoms with Crippen LogP contribution in [0, 0.1) is 0 Å². The Hall–Kier alpha value is -2.88. The number of carbonyl (C=O) groups is 1. The van der Waals surface area contributed by atoms with E-state index in [2.05, 4.69) is 4.90 Å². The zero-order chi connectivity index (χ0) is 22.5. The van der Waals surface area contributed by atoms with Crippen LogP contribution in [0.15, 0.2) is 36.4 Å². The van der Waals surface area contributed by atoms with Crippen molar-refractivity contribution in [3.05, 3.63) is 42.0 Å². The molecule has 170 valence electrons. The highest BCUT2D eigenvalue weighted by Crippen LogP contribution is 2.33. The molecule has 1 amide bonds. The highest BCUT2D eigenvalue weighted by atomic mass is 32.1. The van der Waals surface area contributed by atoms with Crippen LogP contribution in [0.2, 0.25) is 0 Å². The van der Waals surface area contributed by atoms with Crippen molar-refractivity contribution in [3.8, 4) is 17.2 Å². The van der Waals surface area contributed by atoms with Gasteiger partial charge in [0.15, 0.2) is 16.6 Å². The molecule has 0 atom stereocenters. The molecule has 32 heavy (non-hydrogen) atoms. The fourth-order valence-corrected chi connectivity index (χ4v) is 4.58. The molecule has 2 aromatic carbocycles. The second-order valence-electron chi connectivity index (χ2n) is 7.31. The van der Waals surface area contributed by atoms with E-state index in [-0.39, 0.29) is 5.91 Å². The number of nitrogens with zero attached hydrogens (tertiary/aromatic N) is 3. The van der Waals surface area contributed by atoms with Crippen LogP contribution in [0.5, 0.6) is 17.2 Å². The van der Waals surface area contributed by atoms with Crippen LogP contribution in [0.4, 0.5) is 5.13 Å². The van der Waals surface area contributed by atoms with Gasteiger partial charge in [-0.25, -0.2) is 4.98 Å². The number of aromatic nitrogens is 1. The molecule has 0 N–H and O–H groups in total. The number of anilines is 1. The third kappa shape index (κ3) is 4.79. The van der Waals surface area contributed by atoms with Gasteiger partial charge in [-0.05, 0) is 30.3 Å². The maximum absolute atomic E-state index is 13.6. The molecule has 1 aliphatic rings. The predicted octanol–water partition coefficient (Wildman–Crippen LogP) is 3.30. The number of morpholine rings is 1. The van der Waals surface area contributed by atoms with Gasteiger partial charge in [-0.2, -0.15) is 0 Å². The number of rotatable bonds is 8. The molecule has 2 heterocycles. The number of hydrogen-bond acceptors (Lipinski definition) is 8. The molecule has 0 saturated carbocycles. The minimum atomic E-state index is -0.134. The predicted molar refractivity (Wildman–Crippen MR) is 125 cm³/mol. The molecule has 1 fully saturated rings. The van der Waals surface area contributed by atoms with Crippen LogP contribution >= 0.6 is 11.3 Å². The van der Waals surface area contributed by atoms with E-state index in [4.69, 9.17) is 23.9 Å². The van der Waals surface area contributed by atoms with E-state index < -0.39 is 0 Å². The van der Waals surface area contributed by atoms with Crippen molar-refractivity contribution in [2.45, 2.75) is 0 Å². The van der Waals surface area contributed by atoms with Gasteiger partial charge in [0.05, 0.1) is 44.8 Å². The second-order valence-corrected chi connectivity index (χ2v) is 8.32. The molecule has 0 spiro atoms. The first-order chi connectivity index (χ1) is 15.6. The normalized spacial score (nSPS) is 14.3. The summed E-state index contributed by atoms with van der Waals surface area (Å²) in [6.07, 6.45) is 0. The van der Waals surface area contributed by atoms with E-state index in [0.717, 1.165) is 35.6 Å². The fourth-order valence-electron chi connectivity index (χ4n) is 3.61. The number of thiazole rings is 1. The highest BCUT2D eigenvalue weighted by molar-refractivity contribution is 7.22. The Kier molecular flexibility index (Phi) is 7.09. The van der Waals surface area contributed by atoms with E-state index in [1.54, 1.807) is 44.4 Å². The Morgan fingerprint density at radius 3 is 2.56 bits per heavy atom. The summed E-state index contributed by atoms with van der Waals surface area (Å²) in [6, 6.07) is 11.0. The summed E-state index contributed by atoms with van der Waals surface area (Å²) in [5.74, 6) is 1.70. The van der Waals surface area contributed by atoms with Crippen molar-refractivity contribution < 1.29 is 23.7 Å². The molecule has 1 aromatic heterocycles. The van der Waals surface area contributed by atoms with E-state index in [0.29, 0.717) is 42.0 Å². The molecule has 1 saturated heterocycles. The maximum Gasteiger partial charge on any atom is 0.260 e. The molecule has 0 aliphatic carbocycles. The van der Waals surface area contributed by atoms with Crippen molar-refractivity contribution in [3.63, 3.8) is 0 Å². The van der Waals surface area contributed by atoms with Gasteiger partial charge in [-0.3, -0.25) is 14.6 Å². The lowest BCUT2D eigenvalue weighted by Gasteiger charge is -2.29. The van der Waals surface area contributed by atoms with Gasteiger partial charge in [-0.15, -0.1) is 0 Å². The monoisotopic (exact) mass is 457 g/mol. The Morgan fingerprint density at radius 1 is 1.06 bits per heavy atom. The number of amides is 1. The number of benzene rings is 2. The molecule has 0 bridgehead atoms. The van der Waals surface area contributed by atoms with Gasteiger partial charge in [0.1, 0.15) is 5.75 Å². The van der Waals surface area contributed by atoms with Gasteiger partial charge in [-0.1, -0.05) is 11.3 Å². The lowest BCUT2D eigenvalue weighted by atomic mass is 10.1. The topological polar surface area (TPSA) is 73.4 Å². The summed E-state index contributed by atoms with van der Waals surface area (Å²) >= 11 is 1.49. The van der Waals surface area contributed by atoms with Crippen LogP contribution in [-0.4, -0.2) is 76.5 Å². The standard InChI is InChI=1S/C23H27N3O5S/c1-28-17-5-7-21-18(15-17)24-23(32-21)26(9-8-25-10-12-31-13-11-25)22(27)16-4-6-19(29-2)20(14-16)30-3/h4-7,14-15H,8-13H2,1-3H3. The summed E-state index contributed by atoms with van der Waals surface area (Å²) in [7, 11) is 4.76. The van der Waals surface area contributed by atoms with Gasteiger partial charge >= 0.3 is 0 Å². The summed E-state index contributed by atoms with van der Waals surface area (Å²) in [5, 5.41) is 0.654. The molecular weight excluding hydrogens is 430 g/mol. The number of hydrogen-bond donors (Lipinski definition) is 0. The van der Waals surface area contributed by atoms with Crippen molar-refractivity contribution >= 4 is 32.6 Å². The smallest absolute Gasteiger partial charge is 0.260 e. The maximum atomic E-state index is 13.6. The van der Waals surface area contributed by atoms with Crippen molar-refractivity contribution in [2.75, 3.05) is 65.6 Å². The third-order valence-corrected chi connectivity index (χ3v) is 6.49. The minimum Gasteiger partial charge on any atom is -0.497 e. The van der Waals surface area contributed by atoms with Crippen LogP contribution in [0.1, 0.15) is 10.4 Å². The van der Waals surface area contributed by atoms with Crippen LogP contribution < -0.4 is 19.1 Å². The molecule has 9 heteroatoms. The van der Waals surface area contributed by atoms with E-state index >= 15 is 0 Å². The summed E-state index contributed by atoms with van der Waals surface area (Å²) in [5.41, 5.74) is 1.32. The molecule has 3 aromatic rings. The number of methoxy groups -OCH3 is 3. The van der Waals surface area contributed by atoms with E-state index in [9.17, 15) is 4.79 Å². The first-order valence-electron chi connectivity index (χ1n) is 10.4. The zero-order valence-corrected chi connectivity index (χ0v) is 19.3. The zero-order valence-electron chi connectivity index (χ0n) is 18.5. The van der Waals surface area contributed by atoms with Gasteiger partial charge < -0.3 is 18.9 Å².